The number of halogens is 1. The lowest BCUT2D eigenvalue weighted by Crippen LogP contribution is -2.41. The number of methoxy groups -OCH3 is 1. The van der Waals surface area contributed by atoms with Gasteiger partial charge in [-0.05, 0) is 54.1 Å². The minimum atomic E-state index is -3.99. The molecule has 0 fully saturated rings. The van der Waals surface area contributed by atoms with Gasteiger partial charge in [0.1, 0.15) is 18.1 Å². The first-order chi connectivity index (χ1) is 14.8. The Hall–Kier alpha value is -3.39. The highest BCUT2D eigenvalue weighted by molar-refractivity contribution is 7.92. The molecule has 0 spiro atoms. The average Bonchev–Trinajstić information content (AvgIpc) is 2.79. The van der Waals surface area contributed by atoms with Crippen molar-refractivity contribution < 1.29 is 22.3 Å². The Labute approximate surface area is 181 Å². The molecule has 0 saturated heterocycles. The second kappa shape index (κ2) is 9.61. The first kappa shape index (κ1) is 22.3. The number of rotatable bonds is 8. The fourth-order valence-electron chi connectivity index (χ4n) is 2.98. The number of likely N-dealkylation sites (N-methyl/N-ethyl adjacent to an activating group) is 1. The van der Waals surface area contributed by atoms with E-state index < -0.39 is 15.9 Å². The fraction of sp³-hybridized carbons (Fsp3) is 0.174. The Morgan fingerprint density at radius 1 is 0.935 bits per heavy atom. The maximum Gasteiger partial charge on any atom is 0.264 e. The van der Waals surface area contributed by atoms with E-state index in [0.717, 1.165) is 9.87 Å². The van der Waals surface area contributed by atoms with Crippen LogP contribution < -0.4 is 9.04 Å². The van der Waals surface area contributed by atoms with Crippen molar-refractivity contribution >= 4 is 21.6 Å². The number of amides is 1. The van der Waals surface area contributed by atoms with E-state index in [0.29, 0.717) is 11.4 Å². The minimum Gasteiger partial charge on any atom is -0.497 e. The third kappa shape index (κ3) is 5.40. The molecule has 3 aromatic rings. The topological polar surface area (TPSA) is 66.9 Å². The largest absolute Gasteiger partial charge is 0.497 e. The van der Waals surface area contributed by atoms with E-state index in [-0.39, 0.29) is 23.8 Å². The van der Waals surface area contributed by atoms with Gasteiger partial charge in [-0.2, -0.15) is 0 Å². The summed E-state index contributed by atoms with van der Waals surface area (Å²) in [5.41, 5.74) is 1.08. The van der Waals surface area contributed by atoms with E-state index in [4.69, 9.17) is 4.74 Å². The zero-order valence-corrected chi connectivity index (χ0v) is 18.0. The molecule has 0 saturated carbocycles. The molecule has 8 heteroatoms. The molecular formula is C23H23FN2O4S. The van der Waals surface area contributed by atoms with Gasteiger partial charge >= 0.3 is 0 Å². The molecule has 0 radical (unpaired) electrons. The summed E-state index contributed by atoms with van der Waals surface area (Å²) in [7, 11) is -0.894. The van der Waals surface area contributed by atoms with Crippen LogP contribution in [0.2, 0.25) is 0 Å². The SMILES string of the molecule is COc1ccc(N(CC(=O)N(C)Cc2ccc(F)cc2)S(=O)(=O)c2ccccc2)cc1. The van der Waals surface area contributed by atoms with Gasteiger partial charge in [0.15, 0.2) is 0 Å². The quantitative estimate of drug-likeness (QED) is 0.534. The second-order valence-electron chi connectivity index (χ2n) is 6.90. The van der Waals surface area contributed by atoms with Crippen molar-refractivity contribution in [1.82, 2.24) is 4.90 Å². The van der Waals surface area contributed by atoms with E-state index in [2.05, 4.69) is 0 Å². The lowest BCUT2D eigenvalue weighted by atomic mass is 10.2. The summed E-state index contributed by atoms with van der Waals surface area (Å²) in [6, 6.07) is 20.2. The predicted molar refractivity (Wildman–Crippen MR) is 117 cm³/mol. The molecule has 0 aliphatic carbocycles. The number of anilines is 1. The maximum absolute atomic E-state index is 13.3. The average molecular weight is 443 g/mol. The number of hydrogen-bond acceptors (Lipinski definition) is 4. The summed E-state index contributed by atoms with van der Waals surface area (Å²) in [5, 5.41) is 0. The van der Waals surface area contributed by atoms with Gasteiger partial charge in [0.05, 0.1) is 17.7 Å². The monoisotopic (exact) mass is 442 g/mol. The minimum absolute atomic E-state index is 0.0832. The van der Waals surface area contributed by atoms with Crippen LogP contribution in [0.4, 0.5) is 10.1 Å². The summed E-state index contributed by atoms with van der Waals surface area (Å²) in [6.45, 7) is -0.164. The third-order valence-corrected chi connectivity index (χ3v) is 6.52. The second-order valence-corrected chi connectivity index (χ2v) is 8.76. The Morgan fingerprint density at radius 3 is 2.13 bits per heavy atom. The van der Waals surface area contributed by atoms with Gasteiger partial charge in [-0.3, -0.25) is 9.10 Å². The van der Waals surface area contributed by atoms with Crippen LogP contribution in [-0.2, 0) is 21.4 Å². The highest BCUT2D eigenvalue weighted by Crippen LogP contribution is 2.26. The molecule has 0 aromatic heterocycles. The lowest BCUT2D eigenvalue weighted by Gasteiger charge is -2.27. The number of ether oxygens (including phenoxy) is 1. The summed E-state index contributed by atoms with van der Waals surface area (Å²) < 4.78 is 46.0. The van der Waals surface area contributed by atoms with Gasteiger partial charge in [-0.25, -0.2) is 12.8 Å². The Morgan fingerprint density at radius 2 is 1.55 bits per heavy atom. The summed E-state index contributed by atoms with van der Waals surface area (Å²) in [5.74, 6) is -0.197. The first-order valence-corrected chi connectivity index (χ1v) is 11.0. The van der Waals surface area contributed by atoms with Crippen LogP contribution in [0.25, 0.3) is 0 Å². The highest BCUT2D eigenvalue weighted by atomic mass is 32.2. The van der Waals surface area contributed by atoms with Gasteiger partial charge < -0.3 is 9.64 Å². The smallest absolute Gasteiger partial charge is 0.264 e. The molecule has 3 rings (SSSR count). The van der Waals surface area contributed by atoms with Crippen molar-refractivity contribution in [2.75, 3.05) is 25.0 Å². The van der Waals surface area contributed by atoms with E-state index in [1.165, 1.54) is 36.3 Å². The summed E-state index contributed by atoms with van der Waals surface area (Å²) in [6.07, 6.45) is 0. The van der Waals surface area contributed by atoms with Crippen molar-refractivity contribution in [1.29, 1.82) is 0 Å². The zero-order valence-electron chi connectivity index (χ0n) is 17.2. The van der Waals surface area contributed by atoms with Crippen LogP contribution >= 0.6 is 0 Å². The van der Waals surface area contributed by atoms with Crippen molar-refractivity contribution in [2.45, 2.75) is 11.4 Å². The molecule has 3 aromatic carbocycles. The van der Waals surface area contributed by atoms with Gasteiger partial charge in [0, 0.05) is 13.6 Å². The number of benzene rings is 3. The molecule has 162 valence electrons. The maximum atomic E-state index is 13.3. The molecular weight excluding hydrogens is 419 g/mol. The van der Waals surface area contributed by atoms with Gasteiger partial charge in [0.25, 0.3) is 10.0 Å². The fourth-order valence-corrected chi connectivity index (χ4v) is 4.41. The van der Waals surface area contributed by atoms with Gasteiger partial charge in [-0.1, -0.05) is 30.3 Å². The number of sulfonamides is 1. The number of nitrogens with zero attached hydrogens (tertiary/aromatic N) is 2. The number of carbonyl (C=O) groups is 1. The molecule has 0 bridgehead atoms. The zero-order chi connectivity index (χ0) is 22.4. The Kier molecular flexibility index (Phi) is 6.91. The van der Waals surface area contributed by atoms with Crippen molar-refractivity contribution in [2.24, 2.45) is 0 Å². The van der Waals surface area contributed by atoms with Crippen molar-refractivity contribution in [3.8, 4) is 5.75 Å². The molecule has 31 heavy (non-hydrogen) atoms. The van der Waals surface area contributed by atoms with Crippen LogP contribution in [0.15, 0.2) is 83.8 Å². The van der Waals surface area contributed by atoms with Crippen molar-refractivity contribution in [3.05, 3.63) is 90.2 Å². The molecule has 0 aliphatic heterocycles. The van der Waals surface area contributed by atoms with E-state index in [1.807, 2.05) is 0 Å². The van der Waals surface area contributed by atoms with Crippen LogP contribution in [-0.4, -0.2) is 39.9 Å². The van der Waals surface area contributed by atoms with Crippen LogP contribution in [0.3, 0.4) is 0 Å². The molecule has 6 nitrogen and oxygen atoms in total. The molecule has 0 N–H and O–H groups in total. The molecule has 0 unspecified atom stereocenters. The molecule has 0 atom stereocenters. The predicted octanol–water partition coefficient (Wildman–Crippen LogP) is 3.69. The van der Waals surface area contributed by atoms with Crippen LogP contribution in [0.5, 0.6) is 5.75 Å². The lowest BCUT2D eigenvalue weighted by molar-refractivity contribution is -0.128. The van der Waals surface area contributed by atoms with Crippen LogP contribution in [0.1, 0.15) is 5.56 Å². The normalized spacial score (nSPS) is 11.1. The Balaban J connectivity index is 1.88. The Bertz CT molecular complexity index is 1120. The van der Waals surface area contributed by atoms with Gasteiger partial charge in [-0.15, -0.1) is 0 Å². The molecule has 0 aliphatic rings. The van der Waals surface area contributed by atoms with E-state index in [9.17, 15) is 17.6 Å². The third-order valence-electron chi connectivity index (χ3n) is 4.73. The molecule has 1 amide bonds. The first-order valence-electron chi connectivity index (χ1n) is 9.51. The van der Waals surface area contributed by atoms with Crippen molar-refractivity contribution in [3.63, 3.8) is 0 Å². The van der Waals surface area contributed by atoms with Crippen LogP contribution in [0, 0.1) is 5.82 Å². The molecule has 0 heterocycles. The van der Waals surface area contributed by atoms with E-state index >= 15 is 0 Å². The number of carbonyl (C=O) groups excluding carboxylic acids is 1. The highest BCUT2D eigenvalue weighted by Gasteiger charge is 2.28. The standard InChI is InChI=1S/C23H23FN2O4S/c1-25(16-18-8-10-19(24)11-9-18)23(27)17-26(20-12-14-21(30-2)15-13-20)31(28,29)22-6-4-3-5-7-22/h3-15H,16-17H2,1-2H3. The summed E-state index contributed by atoms with van der Waals surface area (Å²) in [4.78, 5) is 14.4. The van der Waals surface area contributed by atoms with E-state index in [1.54, 1.807) is 61.6 Å². The summed E-state index contributed by atoms with van der Waals surface area (Å²) >= 11 is 0. The number of hydrogen-bond donors (Lipinski definition) is 0. The van der Waals surface area contributed by atoms with Gasteiger partial charge in [0.2, 0.25) is 5.91 Å².